The number of thioether (sulfide) groups is 1. The van der Waals surface area contributed by atoms with Crippen LogP contribution in [0.5, 0.6) is 0 Å². The summed E-state index contributed by atoms with van der Waals surface area (Å²) in [7, 11) is 0. The van der Waals surface area contributed by atoms with Crippen LogP contribution in [0.1, 0.15) is 25.1 Å². The number of hydrogen-bond acceptors (Lipinski definition) is 4. The van der Waals surface area contributed by atoms with E-state index in [0.29, 0.717) is 11.2 Å². The Morgan fingerprint density at radius 3 is 2.65 bits per heavy atom. The molecule has 2 rings (SSSR count). The lowest BCUT2D eigenvalue weighted by atomic mass is 10.2. The smallest absolute Gasteiger partial charge is 0.252 e. The summed E-state index contributed by atoms with van der Waals surface area (Å²) in [5.41, 5.74) is 2.77. The van der Waals surface area contributed by atoms with E-state index in [1.807, 2.05) is 31.2 Å². The number of aromatic nitrogens is 2. The second-order valence-corrected chi connectivity index (χ2v) is 6.50. The van der Waals surface area contributed by atoms with E-state index in [9.17, 15) is 4.79 Å². The quantitative estimate of drug-likeness (QED) is 0.885. The van der Waals surface area contributed by atoms with Gasteiger partial charge in [-0.15, -0.1) is 0 Å². The molecule has 4 nitrogen and oxygen atoms in total. The number of aromatic amines is 1. The standard InChI is InChI=1S/C15H19N3OS/c1-10(2)20-9-13-8-14(19)18-15(17-13)16-12-6-4-11(3)5-7-12/h4-8,10H,9H2,1-3H3,(H2,16,17,18,19). The lowest BCUT2D eigenvalue weighted by molar-refractivity contribution is 1.05. The predicted molar refractivity (Wildman–Crippen MR) is 85.8 cm³/mol. The zero-order valence-corrected chi connectivity index (χ0v) is 12.8. The molecule has 0 aliphatic heterocycles. The Balaban J connectivity index is 2.15. The van der Waals surface area contributed by atoms with Crippen molar-refractivity contribution < 1.29 is 0 Å². The zero-order valence-electron chi connectivity index (χ0n) is 11.9. The van der Waals surface area contributed by atoms with Crippen LogP contribution in [0.3, 0.4) is 0 Å². The van der Waals surface area contributed by atoms with E-state index in [-0.39, 0.29) is 5.56 Å². The Kier molecular flexibility index (Phi) is 4.84. The van der Waals surface area contributed by atoms with Crippen molar-refractivity contribution >= 4 is 23.4 Å². The van der Waals surface area contributed by atoms with Crippen molar-refractivity contribution in [3.8, 4) is 0 Å². The second-order valence-electron chi connectivity index (χ2n) is 4.94. The van der Waals surface area contributed by atoms with Crippen molar-refractivity contribution in [2.24, 2.45) is 0 Å². The average molecular weight is 289 g/mol. The van der Waals surface area contributed by atoms with Crippen LogP contribution in [0.25, 0.3) is 0 Å². The minimum atomic E-state index is -0.131. The van der Waals surface area contributed by atoms with Crippen molar-refractivity contribution in [2.45, 2.75) is 31.8 Å². The lowest BCUT2D eigenvalue weighted by Crippen LogP contribution is -2.12. The summed E-state index contributed by atoms with van der Waals surface area (Å²) in [5, 5.41) is 3.64. The largest absolute Gasteiger partial charge is 0.326 e. The zero-order chi connectivity index (χ0) is 14.5. The van der Waals surface area contributed by atoms with E-state index in [4.69, 9.17) is 0 Å². The molecular weight excluding hydrogens is 270 g/mol. The van der Waals surface area contributed by atoms with Crippen molar-refractivity contribution in [3.63, 3.8) is 0 Å². The van der Waals surface area contributed by atoms with Gasteiger partial charge in [-0.05, 0) is 24.3 Å². The molecule has 2 N–H and O–H groups in total. The molecular formula is C15H19N3OS. The van der Waals surface area contributed by atoms with Crippen molar-refractivity contribution in [1.82, 2.24) is 9.97 Å². The molecule has 0 spiro atoms. The van der Waals surface area contributed by atoms with Crippen LogP contribution in [-0.2, 0) is 5.75 Å². The number of benzene rings is 1. The van der Waals surface area contributed by atoms with Gasteiger partial charge in [-0.3, -0.25) is 9.78 Å². The third kappa shape index (κ3) is 4.42. The van der Waals surface area contributed by atoms with E-state index in [2.05, 4.69) is 29.1 Å². The molecule has 0 fully saturated rings. The minimum Gasteiger partial charge on any atom is -0.326 e. The maximum absolute atomic E-state index is 11.7. The highest BCUT2D eigenvalue weighted by atomic mass is 32.2. The molecule has 0 atom stereocenters. The number of H-pyrrole nitrogens is 1. The van der Waals surface area contributed by atoms with Gasteiger partial charge in [0.1, 0.15) is 0 Å². The molecule has 0 bridgehead atoms. The van der Waals surface area contributed by atoms with E-state index >= 15 is 0 Å². The molecule has 106 valence electrons. The summed E-state index contributed by atoms with van der Waals surface area (Å²) in [6, 6.07) is 9.50. The van der Waals surface area contributed by atoms with E-state index in [1.165, 1.54) is 5.56 Å². The summed E-state index contributed by atoms with van der Waals surface area (Å²) in [6.07, 6.45) is 0. The Morgan fingerprint density at radius 2 is 2.00 bits per heavy atom. The Bertz CT molecular complexity index is 620. The fraction of sp³-hybridized carbons (Fsp3) is 0.333. The van der Waals surface area contributed by atoms with E-state index in [1.54, 1.807) is 17.8 Å². The average Bonchev–Trinajstić information content (AvgIpc) is 2.38. The summed E-state index contributed by atoms with van der Waals surface area (Å²) < 4.78 is 0. The van der Waals surface area contributed by atoms with E-state index in [0.717, 1.165) is 17.1 Å². The Hall–Kier alpha value is -1.75. The first-order valence-corrected chi connectivity index (χ1v) is 7.63. The summed E-state index contributed by atoms with van der Waals surface area (Å²) in [4.78, 5) is 18.8. The van der Waals surface area contributed by atoms with Gasteiger partial charge in [0.05, 0.1) is 5.69 Å². The van der Waals surface area contributed by atoms with Crippen LogP contribution in [-0.4, -0.2) is 15.2 Å². The molecule has 0 saturated heterocycles. The maximum atomic E-state index is 11.7. The van der Waals surface area contributed by atoms with Gasteiger partial charge in [0, 0.05) is 17.5 Å². The monoisotopic (exact) mass is 289 g/mol. The second kappa shape index (κ2) is 6.61. The minimum absolute atomic E-state index is 0.131. The van der Waals surface area contributed by atoms with Gasteiger partial charge in [-0.25, -0.2) is 4.98 Å². The summed E-state index contributed by atoms with van der Waals surface area (Å²) in [6.45, 7) is 6.29. The van der Waals surface area contributed by atoms with Gasteiger partial charge in [0.15, 0.2) is 0 Å². The number of hydrogen-bond donors (Lipinski definition) is 2. The molecule has 1 aromatic heterocycles. The van der Waals surface area contributed by atoms with Gasteiger partial charge in [-0.2, -0.15) is 11.8 Å². The van der Waals surface area contributed by atoms with Gasteiger partial charge in [0.2, 0.25) is 5.95 Å². The molecule has 0 aliphatic rings. The lowest BCUT2D eigenvalue weighted by Gasteiger charge is -2.08. The molecule has 20 heavy (non-hydrogen) atoms. The highest BCUT2D eigenvalue weighted by Gasteiger charge is 2.03. The maximum Gasteiger partial charge on any atom is 0.252 e. The number of rotatable bonds is 5. The topological polar surface area (TPSA) is 57.8 Å². The van der Waals surface area contributed by atoms with Gasteiger partial charge < -0.3 is 5.32 Å². The van der Waals surface area contributed by atoms with Crippen LogP contribution in [0.4, 0.5) is 11.6 Å². The third-order valence-electron chi connectivity index (χ3n) is 2.67. The Labute approximate surface area is 123 Å². The van der Waals surface area contributed by atoms with Crippen molar-refractivity contribution in [3.05, 3.63) is 51.9 Å². The van der Waals surface area contributed by atoms with Crippen LogP contribution >= 0.6 is 11.8 Å². The molecule has 0 amide bonds. The first-order valence-electron chi connectivity index (χ1n) is 6.58. The fourth-order valence-electron chi connectivity index (χ4n) is 1.67. The van der Waals surface area contributed by atoms with Crippen molar-refractivity contribution in [2.75, 3.05) is 5.32 Å². The number of anilines is 2. The fourth-order valence-corrected chi connectivity index (χ4v) is 2.32. The number of nitrogens with one attached hydrogen (secondary N) is 2. The molecule has 2 aromatic rings. The normalized spacial score (nSPS) is 10.8. The molecule has 0 unspecified atom stereocenters. The highest BCUT2D eigenvalue weighted by Crippen LogP contribution is 2.17. The molecule has 1 aromatic carbocycles. The molecule has 1 heterocycles. The first-order chi connectivity index (χ1) is 9.52. The van der Waals surface area contributed by atoms with Gasteiger partial charge in [-0.1, -0.05) is 31.5 Å². The van der Waals surface area contributed by atoms with Crippen LogP contribution < -0.4 is 10.9 Å². The molecule has 0 radical (unpaired) electrons. The number of aryl methyl sites for hydroxylation is 1. The van der Waals surface area contributed by atoms with Crippen molar-refractivity contribution in [1.29, 1.82) is 0 Å². The Morgan fingerprint density at radius 1 is 1.30 bits per heavy atom. The number of nitrogens with zero attached hydrogens (tertiary/aromatic N) is 1. The molecule has 5 heteroatoms. The van der Waals surface area contributed by atoms with Crippen LogP contribution in [0.2, 0.25) is 0 Å². The van der Waals surface area contributed by atoms with Gasteiger partial charge in [0.25, 0.3) is 5.56 Å². The first kappa shape index (κ1) is 14.7. The predicted octanol–water partition coefficient (Wildman–Crippen LogP) is 3.46. The van der Waals surface area contributed by atoms with Crippen LogP contribution in [0.15, 0.2) is 35.1 Å². The third-order valence-corrected chi connectivity index (χ3v) is 3.80. The highest BCUT2D eigenvalue weighted by molar-refractivity contribution is 7.99. The molecule has 0 aliphatic carbocycles. The van der Waals surface area contributed by atoms with Gasteiger partial charge >= 0.3 is 0 Å². The van der Waals surface area contributed by atoms with E-state index < -0.39 is 0 Å². The SMILES string of the molecule is Cc1ccc(Nc2nc(CSC(C)C)cc(=O)[nH]2)cc1. The summed E-state index contributed by atoms with van der Waals surface area (Å²) >= 11 is 1.77. The summed E-state index contributed by atoms with van der Waals surface area (Å²) in [5.74, 6) is 1.23. The van der Waals surface area contributed by atoms with Crippen LogP contribution in [0, 0.1) is 6.92 Å². The molecule has 0 saturated carbocycles.